The summed E-state index contributed by atoms with van der Waals surface area (Å²) in [5.41, 5.74) is 1.09. The summed E-state index contributed by atoms with van der Waals surface area (Å²) >= 11 is 0. The summed E-state index contributed by atoms with van der Waals surface area (Å²) in [6.07, 6.45) is 1.40. The van der Waals surface area contributed by atoms with Crippen molar-refractivity contribution in [1.82, 2.24) is 19.8 Å². The van der Waals surface area contributed by atoms with Crippen LogP contribution < -0.4 is 19.7 Å². The molecule has 1 aromatic heterocycles. The summed E-state index contributed by atoms with van der Waals surface area (Å²) in [6, 6.07) is 5.99. The third kappa shape index (κ3) is 5.13. The van der Waals surface area contributed by atoms with Crippen LogP contribution >= 0.6 is 0 Å². The van der Waals surface area contributed by atoms with Gasteiger partial charge in [0, 0.05) is 58.9 Å². The fourth-order valence-corrected chi connectivity index (χ4v) is 4.47. The molecule has 5 rings (SSSR count). The number of hydrogen-bond donors (Lipinski definition) is 1. The minimum Gasteiger partial charge on any atom is -0.454 e. The number of ether oxygens (including phenoxy) is 3. The second-order valence-electron chi connectivity index (χ2n) is 8.48. The Morgan fingerprint density at radius 2 is 1.79 bits per heavy atom. The largest absolute Gasteiger partial charge is 0.454 e. The van der Waals surface area contributed by atoms with Gasteiger partial charge in [-0.25, -0.2) is 9.97 Å². The van der Waals surface area contributed by atoms with E-state index in [4.69, 9.17) is 14.2 Å². The van der Waals surface area contributed by atoms with Gasteiger partial charge in [-0.05, 0) is 17.7 Å². The molecule has 4 heterocycles. The minimum atomic E-state index is -0.384. The van der Waals surface area contributed by atoms with Crippen LogP contribution in [-0.4, -0.2) is 97.1 Å². The third-order valence-electron chi connectivity index (χ3n) is 6.32. The maximum Gasteiger partial charge on any atom is 0.353 e. The van der Waals surface area contributed by atoms with E-state index in [1.165, 1.54) is 6.33 Å². The van der Waals surface area contributed by atoms with Crippen molar-refractivity contribution in [2.75, 3.05) is 82.6 Å². The standard InChI is InChI=1S/C22H29N7O5/c30-29(31)20-21(23-3-4-26-9-11-32-12-10-26)24-15-25-22(20)28-7-5-27(6-8-28)14-17-1-2-18-19(13-17)34-16-33-18/h1-2,13,15H,3-12,14,16H2,(H,23,24,25). The van der Waals surface area contributed by atoms with Crippen LogP contribution in [0.25, 0.3) is 0 Å². The number of fused-ring (bicyclic) bond motifs is 1. The summed E-state index contributed by atoms with van der Waals surface area (Å²) in [4.78, 5) is 26.6. The molecule has 0 atom stereocenters. The molecule has 34 heavy (non-hydrogen) atoms. The molecule has 3 aliphatic heterocycles. The summed E-state index contributed by atoms with van der Waals surface area (Å²) in [5.74, 6) is 2.20. The van der Waals surface area contributed by atoms with Gasteiger partial charge in [0.25, 0.3) is 0 Å². The average molecular weight is 472 g/mol. The molecule has 12 heteroatoms. The predicted molar refractivity (Wildman–Crippen MR) is 124 cm³/mol. The van der Waals surface area contributed by atoms with Gasteiger partial charge >= 0.3 is 5.69 Å². The van der Waals surface area contributed by atoms with Crippen molar-refractivity contribution in [1.29, 1.82) is 0 Å². The molecule has 0 radical (unpaired) electrons. The van der Waals surface area contributed by atoms with E-state index < -0.39 is 0 Å². The maximum absolute atomic E-state index is 11.9. The second kappa shape index (κ2) is 10.4. The lowest BCUT2D eigenvalue weighted by atomic mass is 10.1. The average Bonchev–Trinajstić information content (AvgIpc) is 3.33. The molecule has 2 aromatic rings. The normalized spacial score (nSPS) is 18.8. The van der Waals surface area contributed by atoms with Crippen molar-refractivity contribution in [3.63, 3.8) is 0 Å². The Kier molecular flexibility index (Phi) is 6.88. The zero-order valence-corrected chi connectivity index (χ0v) is 19.0. The number of hydrogen-bond acceptors (Lipinski definition) is 11. The molecule has 0 amide bonds. The lowest BCUT2D eigenvalue weighted by Crippen LogP contribution is -2.46. The number of morpholine rings is 1. The van der Waals surface area contributed by atoms with Crippen molar-refractivity contribution in [2.45, 2.75) is 6.54 Å². The van der Waals surface area contributed by atoms with Gasteiger partial charge in [-0.15, -0.1) is 0 Å². The van der Waals surface area contributed by atoms with Crippen LogP contribution in [0.15, 0.2) is 24.5 Å². The van der Waals surface area contributed by atoms with Crippen LogP contribution in [0.3, 0.4) is 0 Å². The Morgan fingerprint density at radius 3 is 2.59 bits per heavy atom. The lowest BCUT2D eigenvalue weighted by Gasteiger charge is -2.35. The van der Waals surface area contributed by atoms with Gasteiger partial charge in [0.1, 0.15) is 6.33 Å². The number of nitro groups is 1. The van der Waals surface area contributed by atoms with Gasteiger partial charge in [-0.1, -0.05) is 6.07 Å². The summed E-state index contributed by atoms with van der Waals surface area (Å²) in [6.45, 7) is 8.42. The Hall–Kier alpha value is -3.22. The summed E-state index contributed by atoms with van der Waals surface area (Å²) < 4.78 is 16.2. The van der Waals surface area contributed by atoms with Crippen molar-refractivity contribution in [3.8, 4) is 11.5 Å². The highest BCUT2D eigenvalue weighted by Crippen LogP contribution is 2.34. The topological polar surface area (TPSA) is 118 Å². The number of piperazine rings is 1. The number of rotatable bonds is 8. The molecule has 2 saturated heterocycles. The van der Waals surface area contributed by atoms with E-state index in [-0.39, 0.29) is 23.2 Å². The first-order chi connectivity index (χ1) is 16.7. The molecule has 1 aromatic carbocycles. The molecule has 182 valence electrons. The number of aromatic nitrogens is 2. The first-order valence-corrected chi connectivity index (χ1v) is 11.6. The number of benzene rings is 1. The Bertz CT molecular complexity index is 1010. The van der Waals surface area contributed by atoms with Gasteiger partial charge in [-0.3, -0.25) is 19.9 Å². The van der Waals surface area contributed by atoms with Crippen molar-refractivity contribution >= 4 is 17.3 Å². The molecule has 0 saturated carbocycles. The number of anilines is 2. The first-order valence-electron chi connectivity index (χ1n) is 11.6. The zero-order valence-electron chi connectivity index (χ0n) is 19.0. The van der Waals surface area contributed by atoms with Gasteiger partial charge in [-0.2, -0.15) is 0 Å². The fraction of sp³-hybridized carbons (Fsp3) is 0.545. The molecule has 0 unspecified atom stereocenters. The predicted octanol–water partition coefficient (Wildman–Crippen LogP) is 1.18. The van der Waals surface area contributed by atoms with Crippen LogP contribution in [-0.2, 0) is 11.3 Å². The van der Waals surface area contributed by atoms with E-state index in [1.54, 1.807) is 0 Å². The molecule has 0 spiro atoms. The lowest BCUT2D eigenvalue weighted by molar-refractivity contribution is -0.383. The molecular formula is C22H29N7O5. The highest BCUT2D eigenvalue weighted by molar-refractivity contribution is 5.70. The smallest absolute Gasteiger partial charge is 0.353 e. The number of nitrogens with one attached hydrogen (secondary N) is 1. The summed E-state index contributed by atoms with van der Waals surface area (Å²) in [7, 11) is 0. The monoisotopic (exact) mass is 471 g/mol. The van der Waals surface area contributed by atoms with Gasteiger partial charge < -0.3 is 24.4 Å². The summed E-state index contributed by atoms with van der Waals surface area (Å²) in [5, 5.41) is 15.1. The van der Waals surface area contributed by atoms with Gasteiger partial charge in [0.15, 0.2) is 11.5 Å². The van der Waals surface area contributed by atoms with E-state index in [1.807, 2.05) is 23.1 Å². The van der Waals surface area contributed by atoms with Crippen LogP contribution in [0.5, 0.6) is 11.5 Å². The minimum absolute atomic E-state index is 0.0614. The van der Waals surface area contributed by atoms with Crippen LogP contribution in [0.1, 0.15) is 5.56 Å². The number of nitrogens with zero attached hydrogens (tertiary/aromatic N) is 6. The van der Waals surface area contributed by atoms with Crippen LogP contribution in [0, 0.1) is 10.1 Å². The van der Waals surface area contributed by atoms with Crippen LogP contribution in [0.2, 0.25) is 0 Å². The highest BCUT2D eigenvalue weighted by Gasteiger charge is 2.29. The Labute approximate surface area is 197 Å². The van der Waals surface area contributed by atoms with Crippen molar-refractivity contribution < 1.29 is 19.1 Å². The van der Waals surface area contributed by atoms with Gasteiger partial charge in [0.2, 0.25) is 18.4 Å². The van der Waals surface area contributed by atoms with E-state index in [0.29, 0.717) is 25.5 Å². The molecule has 1 N–H and O–H groups in total. The fourth-order valence-electron chi connectivity index (χ4n) is 4.47. The molecule has 0 aliphatic carbocycles. The van der Waals surface area contributed by atoms with E-state index in [0.717, 1.165) is 69.5 Å². The Balaban J connectivity index is 1.19. The molecule has 0 bridgehead atoms. The van der Waals surface area contributed by atoms with Crippen molar-refractivity contribution in [3.05, 3.63) is 40.2 Å². The molecule has 3 aliphatic rings. The third-order valence-corrected chi connectivity index (χ3v) is 6.32. The first kappa shape index (κ1) is 22.6. The molecule has 12 nitrogen and oxygen atoms in total. The van der Waals surface area contributed by atoms with E-state index >= 15 is 0 Å². The molecule has 2 fully saturated rings. The highest BCUT2D eigenvalue weighted by atomic mass is 16.7. The zero-order chi connectivity index (χ0) is 23.3. The SMILES string of the molecule is O=[N+]([O-])c1c(NCCN2CCOCC2)ncnc1N1CCN(Cc2ccc3c(c2)OCO3)CC1. The van der Waals surface area contributed by atoms with Gasteiger partial charge in [0.05, 0.1) is 18.1 Å². The Morgan fingerprint density at radius 1 is 1.00 bits per heavy atom. The van der Waals surface area contributed by atoms with E-state index in [2.05, 4.69) is 25.1 Å². The van der Waals surface area contributed by atoms with Crippen molar-refractivity contribution in [2.24, 2.45) is 0 Å². The second-order valence-corrected chi connectivity index (χ2v) is 8.48. The maximum atomic E-state index is 11.9. The quantitative estimate of drug-likeness (QED) is 0.442. The molecular weight excluding hydrogens is 442 g/mol. The van der Waals surface area contributed by atoms with E-state index in [9.17, 15) is 10.1 Å². The van der Waals surface area contributed by atoms with Crippen LogP contribution in [0.4, 0.5) is 17.3 Å².